The van der Waals surface area contributed by atoms with Gasteiger partial charge in [0, 0.05) is 4.43 Å². The van der Waals surface area contributed by atoms with Crippen LogP contribution < -0.4 is 0 Å². The molecular formula is C7H11I. The van der Waals surface area contributed by atoms with Crippen LogP contribution in [0.5, 0.6) is 0 Å². The molecule has 0 saturated heterocycles. The van der Waals surface area contributed by atoms with Crippen LogP contribution in [-0.4, -0.2) is 4.43 Å². The highest BCUT2D eigenvalue weighted by molar-refractivity contribution is 14.1. The second-order valence-electron chi connectivity index (χ2n) is 2.19. The van der Waals surface area contributed by atoms with E-state index in [1.165, 1.54) is 23.7 Å². The number of rotatable bonds is 2. The van der Waals surface area contributed by atoms with Crippen molar-refractivity contribution in [3.05, 3.63) is 11.1 Å². The summed E-state index contributed by atoms with van der Waals surface area (Å²) in [5.74, 6) is 0. The zero-order chi connectivity index (χ0) is 5.98. The molecule has 1 aliphatic rings. The number of alkyl halides is 1. The van der Waals surface area contributed by atoms with Crippen LogP contribution in [0.15, 0.2) is 11.1 Å². The molecule has 0 saturated carbocycles. The first kappa shape index (κ1) is 6.59. The van der Waals surface area contributed by atoms with Gasteiger partial charge in [0.2, 0.25) is 0 Å². The first-order valence-electron chi connectivity index (χ1n) is 3.14. The predicted octanol–water partition coefficient (Wildman–Crippen LogP) is 2.92. The molecule has 1 rings (SSSR count). The van der Waals surface area contributed by atoms with Gasteiger partial charge in [-0.05, 0) is 19.3 Å². The fraction of sp³-hybridized carbons (Fsp3) is 0.714. The summed E-state index contributed by atoms with van der Waals surface area (Å²) in [4.78, 5) is 0. The van der Waals surface area contributed by atoms with E-state index in [0.717, 1.165) is 0 Å². The largest absolute Gasteiger partial charge is 0.0815 e. The molecule has 1 aliphatic carbocycles. The summed E-state index contributed by atoms with van der Waals surface area (Å²) in [7, 11) is 0. The van der Waals surface area contributed by atoms with Gasteiger partial charge in [-0.25, -0.2) is 0 Å². The van der Waals surface area contributed by atoms with Gasteiger partial charge in [-0.1, -0.05) is 40.7 Å². The monoisotopic (exact) mass is 222 g/mol. The Kier molecular flexibility index (Phi) is 2.35. The van der Waals surface area contributed by atoms with Crippen molar-refractivity contribution in [2.24, 2.45) is 0 Å². The van der Waals surface area contributed by atoms with Crippen molar-refractivity contribution in [1.82, 2.24) is 0 Å². The average molecular weight is 222 g/mol. The molecule has 0 aliphatic heterocycles. The molecule has 0 radical (unpaired) electrons. The second-order valence-corrected chi connectivity index (χ2v) is 2.96. The van der Waals surface area contributed by atoms with E-state index in [1.54, 1.807) is 11.1 Å². The van der Waals surface area contributed by atoms with Gasteiger partial charge in [0.05, 0.1) is 0 Å². The summed E-state index contributed by atoms with van der Waals surface area (Å²) >= 11 is 2.45. The molecule has 0 fully saturated rings. The Morgan fingerprint density at radius 2 is 2.00 bits per heavy atom. The molecule has 1 heteroatoms. The van der Waals surface area contributed by atoms with E-state index in [9.17, 15) is 0 Å². The first-order chi connectivity index (χ1) is 3.88. The summed E-state index contributed by atoms with van der Waals surface area (Å²) in [6, 6.07) is 0. The third-order valence-electron chi connectivity index (χ3n) is 1.82. The van der Waals surface area contributed by atoms with Crippen molar-refractivity contribution >= 4 is 22.6 Å². The Morgan fingerprint density at radius 3 is 2.12 bits per heavy atom. The smallest absolute Gasteiger partial charge is 0.0208 e. The van der Waals surface area contributed by atoms with Crippen molar-refractivity contribution in [3.8, 4) is 0 Å². The molecule has 0 aromatic rings. The third-order valence-corrected chi connectivity index (χ3v) is 2.74. The predicted molar refractivity (Wildman–Crippen MR) is 45.4 cm³/mol. The fourth-order valence-corrected chi connectivity index (χ4v) is 1.99. The first-order valence-corrected chi connectivity index (χ1v) is 4.66. The lowest BCUT2D eigenvalue weighted by Gasteiger charge is -2.20. The van der Waals surface area contributed by atoms with Gasteiger partial charge in [0.15, 0.2) is 0 Å². The Labute approximate surface area is 64.5 Å². The Hall–Kier alpha value is 0.470. The van der Waals surface area contributed by atoms with Crippen molar-refractivity contribution in [1.29, 1.82) is 0 Å². The van der Waals surface area contributed by atoms with Crippen LogP contribution in [0.1, 0.15) is 26.2 Å². The molecule has 46 valence electrons. The lowest BCUT2D eigenvalue weighted by molar-refractivity contribution is 0.761. The van der Waals surface area contributed by atoms with E-state index in [2.05, 4.69) is 29.5 Å². The number of halogens is 1. The topological polar surface area (TPSA) is 0 Å². The highest BCUT2D eigenvalue weighted by Crippen LogP contribution is 2.30. The van der Waals surface area contributed by atoms with Crippen molar-refractivity contribution < 1.29 is 0 Å². The van der Waals surface area contributed by atoms with Crippen molar-refractivity contribution in [2.75, 3.05) is 4.43 Å². The summed E-state index contributed by atoms with van der Waals surface area (Å²) < 4.78 is 1.26. The van der Waals surface area contributed by atoms with Gasteiger partial charge < -0.3 is 0 Å². The van der Waals surface area contributed by atoms with Crippen LogP contribution in [0.3, 0.4) is 0 Å². The number of hydrogen-bond donors (Lipinski definition) is 0. The third kappa shape index (κ3) is 1.07. The molecule has 0 aromatic carbocycles. The van der Waals surface area contributed by atoms with Crippen molar-refractivity contribution in [2.45, 2.75) is 26.2 Å². The molecular weight excluding hydrogens is 211 g/mol. The van der Waals surface area contributed by atoms with E-state index >= 15 is 0 Å². The van der Waals surface area contributed by atoms with Gasteiger partial charge in [0.1, 0.15) is 0 Å². The second kappa shape index (κ2) is 2.85. The quantitative estimate of drug-likeness (QED) is 0.383. The van der Waals surface area contributed by atoms with Crippen LogP contribution in [0, 0.1) is 0 Å². The van der Waals surface area contributed by atoms with Crippen LogP contribution in [0.4, 0.5) is 0 Å². The Bertz CT molecular complexity index is 99.6. The molecule has 0 atom stereocenters. The zero-order valence-electron chi connectivity index (χ0n) is 5.21. The molecule has 0 bridgehead atoms. The molecule has 0 unspecified atom stereocenters. The van der Waals surface area contributed by atoms with E-state index in [0.29, 0.717) is 0 Å². The van der Waals surface area contributed by atoms with Crippen LogP contribution in [0.2, 0.25) is 0 Å². The van der Waals surface area contributed by atoms with E-state index in [4.69, 9.17) is 0 Å². The van der Waals surface area contributed by atoms with Crippen LogP contribution in [0.25, 0.3) is 0 Å². The van der Waals surface area contributed by atoms with Gasteiger partial charge in [-0.3, -0.25) is 0 Å². The maximum absolute atomic E-state index is 2.45. The Morgan fingerprint density at radius 1 is 1.38 bits per heavy atom. The van der Waals surface area contributed by atoms with E-state index in [1.807, 2.05) is 0 Å². The van der Waals surface area contributed by atoms with Crippen LogP contribution >= 0.6 is 22.6 Å². The standard InChI is InChI=1S/C7H11I/c1-2-6-3-4-7(6)5-8/h2-5H2,1H3. The minimum Gasteiger partial charge on any atom is -0.0815 e. The van der Waals surface area contributed by atoms with Crippen LogP contribution in [-0.2, 0) is 0 Å². The molecule has 0 aromatic heterocycles. The molecule has 0 N–H and O–H groups in total. The summed E-state index contributed by atoms with van der Waals surface area (Å²) in [6.45, 7) is 2.25. The highest BCUT2D eigenvalue weighted by Gasteiger charge is 2.12. The zero-order valence-corrected chi connectivity index (χ0v) is 7.36. The number of allylic oxidation sites excluding steroid dienone is 2. The van der Waals surface area contributed by atoms with Gasteiger partial charge in [0.25, 0.3) is 0 Å². The minimum atomic E-state index is 1.26. The highest BCUT2D eigenvalue weighted by atomic mass is 127. The van der Waals surface area contributed by atoms with E-state index in [-0.39, 0.29) is 0 Å². The molecule has 0 nitrogen and oxygen atoms in total. The van der Waals surface area contributed by atoms with Gasteiger partial charge in [-0.15, -0.1) is 0 Å². The molecule has 0 spiro atoms. The molecule has 0 heterocycles. The maximum atomic E-state index is 2.45. The summed E-state index contributed by atoms with van der Waals surface area (Å²) in [5, 5.41) is 0. The fourth-order valence-electron chi connectivity index (χ4n) is 1.07. The normalized spacial score (nSPS) is 18.8. The SMILES string of the molecule is CCC1=C(CI)CC1. The lowest BCUT2D eigenvalue weighted by atomic mass is 9.88. The van der Waals surface area contributed by atoms with Gasteiger partial charge in [-0.2, -0.15) is 0 Å². The Balaban J connectivity index is 2.49. The summed E-state index contributed by atoms with van der Waals surface area (Å²) in [6.07, 6.45) is 4.05. The van der Waals surface area contributed by atoms with Crippen molar-refractivity contribution in [3.63, 3.8) is 0 Å². The molecule has 8 heavy (non-hydrogen) atoms. The lowest BCUT2D eigenvalue weighted by Crippen LogP contribution is -2.03. The number of hydrogen-bond acceptors (Lipinski definition) is 0. The molecule has 0 amide bonds. The maximum Gasteiger partial charge on any atom is 0.0208 e. The minimum absolute atomic E-state index is 1.26. The van der Waals surface area contributed by atoms with Gasteiger partial charge >= 0.3 is 0 Å². The summed E-state index contributed by atoms with van der Waals surface area (Å²) in [5.41, 5.74) is 3.44. The average Bonchev–Trinajstić information content (AvgIpc) is 1.66. The van der Waals surface area contributed by atoms with E-state index < -0.39 is 0 Å².